The Morgan fingerprint density at radius 2 is 1.62 bits per heavy atom. The van der Waals surface area contributed by atoms with Crippen LogP contribution in [0.4, 0.5) is 0 Å². The van der Waals surface area contributed by atoms with Crippen LogP contribution in [0.25, 0.3) is 10.8 Å². The molecule has 2 nitrogen and oxygen atoms in total. The van der Waals surface area contributed by atoms with Crippen LogP contribution < -0.4 is 5.73 Å². The van der Waals surface area contributed by atoms with Gasteiger partial charge in [0.15, 0.2) is 0 Å². The highest BCUT2D eigenvalue weighted by Crippen LogP contribution is 2.32. The minimum Gasteiger partial charge on any atom is -0.313 e. The summed E-state index contributed by atoms with van der Waals surface area (Å²) in [6.07, 6.45) is 1.30. The summed E-state index contributed by atoms with van der Waals surface area (Å²) in [5, 5.41) is 11.7. The molecule has 1 aliphatic rings. The summed E-state index contributed by atoms with van der Waals surface area (Å²) in [6, 6.07) is 14.7. The van der Waals surface area contributed by atoms with E-state index >= 15 is 0 Å². The Hall–Kier alpha value is -1.85. The van der Waals surface area contributed by atoms with Crippen LogP contribution in [0, 0.1) is 11.3 Å². The van der Waals surface area contributed by atoms with Crippen molar-refractivity contribution in [2.24, 2.45) is 5.73 Å². The zero-order valence-electron chi connectivity index (χ0n) is 8.90. The molecule has 0 bridgehead atoms. The molecule has 1 aliphatic carbocycles. The van der Waals surface area contributed by atoms with Gasteiger partial charge in [0.1, 0.15) is 5.54 Å². The van der Waals surface area contributed by atoms with Crippen molar-refractivity contribution in [3.63, 3.8) is 0 Å². The smallest absolute Gasteiger partial charge is 0.112 e. The molecular weight excluding hydrogens is 196 g/mol. The van der Waals surface area contributed by atoms with Gasteiger partial charge in [0.2, 0.25) is 0 Å². The van der Waals surface area contributed by atoms with E-state index in [4.69, 9.17) is 11.0 Å². The summed E-state index contributed by atoms with van der Waals surface area (Å²) < 4.78 is 0. The van der Waals surface area contributed by atoms with Crippen molar-refractivity contribution < 1.29 is 0 Å². The van der Waals surface area contributed by atoms with Gasteiger partial charge in [-0.3, -0.25) is 0 Å². The molecule has 0 atom stereocenters. The molecule has 2 heteroatoms. The molecule has 16 heavy (non-hydrogen) atoms. The van der Waals surface area contributed by atoms with Gasteiger partial charge in [-0.25, -0.2) is 0 Å². The topological polar surface area (TPSA) is 49.8 Å². The maximum Gasteiger partial charge on any atom is 0.112 e. The molecule has 0 heterocycles. The van der Waals surface area contributed by atoms with Crippen LogP contribution in [0.3, 0.4) is 0 Å². The number of benzene rings is 2. The van der Waals surface area contributed by atoms with Crippen molar-refractivity contribution >= 4 is 10.8 Å². The summed E-state index contributed by atoms with van der Waals surface area (Å²) in [6.45, 7) is 0. The van der Waals surface area contributed by atoms with E-state index in [0.717, 1.165) is 0 Å². The van der Waals surface area contributed by atoms with Gasteiger partial charge >= 0.3 is 0 Å². The second-order valence-corrected chi connectivity index (χ2v) is 4.55. The molecule has 0 aliphatic heterocycles. The van der Waals surface area contributed by atoms with Crippen molar-refractivity contribution in [1.82, 2.24) is 0 Å². The van der Waals surface area contributed by atoms with E-state index in [2.05, 4.69) is 30.3 Å². The molecule has 0 fully saturated rings. The summed E-state index contributed by atoms with van der Waals surface area (Å²) in [7, 11) is 0. The largest absolute Gasteiger partial charge is 0.313 e. The quantitative estimate of drug-likeness (QED) is 0.721. The maximum absolute atomic E-state index is 9.16. The number of nitrogens with two attached hydrogens (primary N) is 1. The zero-order valence-corrected chi connectivity index (χ0v) is 8.90. The third-order valence-electron chi connectivity index (χ3n) is 3.31. The van der Waals surface area contributed by atoms with Gasteiger partial charge in [0, 0.05) is 12.8 Å². The number of rotatable bonds is 0. The highest BCUT2D eigenvalue weighted by atomic mass is 14.7. The molecule has 0 aromatic heterocycles. The Bertz CT molecular complexity index is 567. The van der Waals surface area contributed by atoms with Crippen LogP contribution >= 0.6 is 0 Å². The van der Waals surface area contributed by atoms with Gasteiger partial charge in [-0.1, -0.05) is 36.4 Å². The first-order valence-corrected chi connectivity index (χ1v) is 5.41. The number of hydrogen-bond acceptors (Lipinski definition) is 2. The van der Waals surface area contributed by atoms with E-state index in [1.54, 1.807) is 0 Å². The fourth-order valence-corrected chi connectivity index (χ4v) is 2.62. The van der Waals surface area contributed by atoms with Gasteiger partial charge in [0.25, 0.3) is 0 Å². The monoisotopic (exact) mass is 208 g/mol. The third kappa shape index (κ3) is 1.22. The second kappa shape index (κ2) is 3.07. The lowest BCUT2D eigenvalue weighted by molar-refractivity contribution is 0.529. The van der Waals surface area contributed by atoms with Crippen molar-refractivity contribution in [3.8, 4) is 6.07 Å². The molecule has 2 N–H and O–H groups in total. The number of nitriles is 1. The lowest BCUT2D eigenvalue weighted by Gasteiger charge is -2.28. The highest BCUT2D eigenvalue weighted by molar-refractivity contribution is 5.90. The summed E-state index contributed by atoms with van der Waals surface area (Å²) in [4.78, 5) is 0. The van der Waals surface area contributed by atoms with Crippen LogP contribution in [-0.2, 0) is 12.8 Å². The van der Waals surface area contributed by atoms with Gasteiger partial charge in [-0.05, 0) is 21.9 Å². The van der Waals surface area contributed by atoms with Crippen LogP contribution in [0.2, 0.25) is 0 Å². The highest BCUT2D eigenvalue weighted by Gasteiger charge is 2.31. The van der Waals surface area contributed by atoms with Crippen molar-refractivity contribution in [3.05, 3.63) is 47.5 Å². The number of hydrogen-bond donors (Lipinski definition) is 1. The molecule has 2 aromatic rings. The van der Waals surface area contributed by atoms with Gasteiger partial charge < -0.3 is 5.73 Å². The fourth-order valence-electron chi connectivity index (χ4n) is 2.62. The fraction of sp³-hybridized carbons (Fsp3) is 0.214. The molecule has 0 saturated heterocycles. The predicted molar refractivity (Wildman–Crippen MR) is 63.9 cm³/mol. The van der Waals surface area contributed by atoms with E-state index in [9.17, 15) is 0 Å². The first-order chi connectivity index (χ1) is 7.72. The SMILES string of the molecule is N#CC1(N)Cc2cccc3cccc(c23)C1. The van der Waals surface area contributed by atoms with Gasteiger partial charge in [-0.2, -0.15) is 5.26 Å². The second-order valence-electron chi connectivity index (χ2n) is 4.55. The average Bonchev–Trinajstić information content (AvgIpc) is 2.29. The van der Waals surface area contributed by atoms with Gasteiger partial charge in [0.05, 0.1) is 6.07 Å². The Labute approximate surface area is 94.3 Å². The van der Waals surface area contributed by atoms with Crippen molar-refractivity contribution in [1.29, 1.82) is 5.26 Å². The average molecular weight is 208 g/mol. The first kappa shape index (κ1) is 9.38. The van der Waals surface area contributed by atoms with Crippen molar-refractivity contribution in [2.75, 3.05) is 0 Å². The van der Waals surface area contributed by atoms with Crippen LogP contribution in [0.1, 0.15) is 11.1 Å². The first-order valence-electron chi connectivity index (χ1n) is 5.41. The summed E-state index contributed by atoms with van der Waals surface area (Å²) in [5.41, 5.74) is 7.75. The van der Waals surface area contributed by atoms with E-state index in [-0.39, 0.29) is 0 Å². The zero-order chi connectivity index (χ0) is 11.2. The third-order valence-corrected chi connectivity index (χ3v) is 3.31. The molecule has 0 spiro atoms. The lowest BCUT2D eigenvalue weighted by Crippen LogP contribution is -2.44. The number of nitrogens with zero attached hydrogens (tertiary/aromatic N) is 1. The van der Waals surface area contributed by atoms with E-state index in [0.29, 0.717) is 12.8 Å². The summed E-state index contributed by atoms with van der Waals surface area (Å²) >= 11 is 0. The Morgan fingerprint density at radius 3 is 2.12 bits per heavy atom. The molecule has 0 unspecified atom stereocenters. The predicted octanol–water partition coefficient (Wildman–Crippen LogP) is 2.16. The normalized spacial score (nSPS) is 17.0. The molecule has 3 rings (SSSR count). The summed E-state index contributed by atoms with van der Waals surface area (Å²) in [5.74, 6) is 0. The van der Waals surface area contributed by atoms with Crippen LogP contribution in [0.15, 0.2) is 36.4 Å². The Balaban J connectivity index is 2.33. The van der Waals surface area contributed by atoms with E-state index in [1.165, 1.54) is 21.9 Å². The molecular formula is C14H12N2. The van der Waals surface area contributed by atoms with Crippen LogP contribution in [-0.4, -0.2) is 5.54 Å². The minimum absolute atomic E-state index is 0.651. The standard InChI is InChI=1S/C14H12N2/c15-9-14(16)7-11-5-1-3-10-4-2-6-12(8-14)13(10)11/h1-6H,7-8,16H2. The molecule has 2 aromatic carbocycles. The Morgan fingerprint density at radius 1 is 1.06 bits per heavy atom. The minimum atomic E-state index is -0.733. The van der Waals surface area contributed by atoms with Gasteiger partial charge in [-0.15, -0.1) is 0 Å². The van der Waals surface area contributed by atoms with Crippen molar-refractivity contribution in [2.45, 2.75) is 18.4 Å². The molecule has 0 radical (unpaired) electrons. The lowest BCUT2D eigenvalue weighted by atomic mass is 9.78. The maximum atomic E-state index is 9.16. The van der Waals surface area contributed by atoms with Crippen LogP contribution in [0.5, 0.6) is 0 Å². The molecule has 0 amide bonds. The molecule has 78 valence electrons. The Kier molecular flexibility index (Phi) is 1.80. The molecule has 0 saturated carbocycles. The van der Waals surface area contributed by atoms with E-state index in [1.807, 2.05) is 12.1 Å². The van der Waals surface area contributed by atoms with E-state index < -0.39 is 5.54 Å².